The second-order valence-corrected chi connectivity index (χ2v) is 18.0. The molecule has 3 aliphatic rings. The van der Waals surface area contributed by atoms with Crippen molar-refractivity contribution in [3.05, 3.63) is 264 Å². The average molecular weight is 881 g/mol. The smallest absolute Gasteiger partial charge is 0.164 e. The van der Waals surface area contributed by atoms with Crippen LogP contribution in [0.2, 0.25) is 0 Å². The number of benzene rings is 9. The van der Waals surface area contributed by atoms with Crippen LogP contribution in [0.25, 0.3) is 95.6 Å². The topological polar surface area (TPSA) is 69.4 Å². The van der Waals surface area contributed by atoms with Crippen molar-refractivity contribution in [1.29, 1.82) is 0 Å². The lowest BCUT2D eigenvalue weighted by Crippen LogP contribution is -2.27. The first-order valence-electron chi connectivity index (χ1n) is 23.5. The summed E-state index contributed by atoms with van der Waals surface area (Å²) in [6, 6.07) is 81.6. The summed E-state index contributed by atoms with van der Waals surface area (Å²) in [6.45, 7) is 0. The molecular formula is C63H40N6. The molecule has 69 heavy (non-hydrogen) atoms. The van der Waals surface area contributed by atoms with E-state index in [1.54, 1.807) is 0 Å². The third-order valence-corrected chi connectivity index (χ3v) is 14.0. The Kier molecular flexibility index (Phi) is 8.92. The summed E-state index contributed by atoms with van der Waals surface area (Å²) in [5.74, 6) is 2.74. The average Bonchev–Trinajstić information content (AvgIpc) is 3.77. The highest BCUT2D eigenvalue weighted by molar-refractivity contribution is 6.09. The van der Waals surface area contributed by atoms with Gasteiger partial charge in [0.15, 0.2) is 23.3 Å². The Morgan fingerprint density at radius 3 is 1.19 bits per heavy atom. The Bertz CT molecular complexity index is 3860. The Morgan fingerprint density at radius 2 is 0.652 bits per heavy atom. The second-order valence-electron chi connectivity index (χ2n) is 18.0. The van der Waals surface area contributed by atoms with Crippen LogP contribution in [0.4, 0.5) is 0 Å². The third kappa shape index (κ3) is 6.45. The molecule has 2 bridgehead atoms. The van der Waals surface area contributed by atoms with Crippen LogP contribution in [-0.2, 0) is 0 Å². The lowest BCUT2D eigenvalue weighted by Gasteiger charge is -2.42. The van der Waals surface area contributed by atoms with Crippen LogP contribution in [0.3, 0.4) is 0 Å². The molecule has 0 amide bonds. The summed E-state index contributed by atoms with van der Waals surface area (Å²) >= 11 is 0. The van der Waals surface area contributed by atoms with Gasteiger partial charge in [-0.05, 0) is 75.8 Å². The molecule has 0 spiro atoms. The molecule has 0 saturated carbocycles. The molecular weight excluding hydrogens is 841 g/mol. The van der Waals surface area contributed by atoms with Gasteiger partial charge in [0.25, 0.3) is 0 Å². The minimum Gasteiger partial charge on any atom is -0.309 e. The van der Waals surface area contributed by atoms with E-state index < -0.39 is 0 Å². The standard InChI is InChI=1S/C63H40N6/c1-4-17-39(18-5-1)60-64-54(42-23-16-24-45(35-42)69-56-29-14-12-25-46(56)47-26-13-15-30-57(47)69)38-55(65-60)43-31-33-50-52(36-43)58-48-27-10-11-28-49(48)59(50)53-37-44(32-34-51(53)58)63-67-61(40-19-6-2-7-20-40)66-62(68-63)41-21-8-3-9-22-41/h1-38,58-59H. The molecule has 2 atom stereocenters. The number of rotatable bonds is 7. The van der Waals surface area contributed by atoms with Crippen molar-refractivity contribution in [2.24, 2.45) is 0 Å². The van der Waals surface area contributed by atoms with Crippen molar-refractivity contribution in [2.75, 3.05) is 0 Å². The van der Waals surface area contributed by atoms with Crippen LogP contribution in [-0.4, -0.2) is 29.5 Å². The zero-order valence-electron chi connectivity index (χ0n) is 37.3. The van der Waals surface area contributed by atoms with Crippen molar-refractivity contribution in [1.82, 2.24) is 29.5 Å². The summed E-state index contributed by atoms with van der Waals surface area (Å²) < 4.78 is 2.36. The number of aromatic nitrogens is 6. The van der Waals surface area contributed by atoms with E-state index in [1.807, 2.05) is 42.5 Å². The molecule has 0 fully saturated rings. The molecule has 3 aromatic heterocycles. The van der Waals surface area contributed by atoms with Gasteiger partial charge in [-0.2, -0.15) is 0 Å². The summed E-state index contributed by atoms with van der Waals surface area (Å²) in [5.41, 5.74) is 19.0. The fraction of sp³-hybridized carbons (Fsp3) is 0.0317. The van der Waals surface area contributed by atoms with E-state index >= 15 is 0 Å². The molecule has 0 N–H and O–H groups in total. The first-order valence-corrected chi connectivity index (χ1v) is 23.5. The predicted molar refractivity (Wildman–Crippen MR) is 277 cm³/mol. The van der Waals surface area contributed by atoms with Crippen LogP contribution in [0, 0.1) is 0 Å². The van der Waals surface area contributed by atoms with Gasteiger partial charge in [-0.25, -0.2) is 24.9 Å². The number of nitrogens with zero attached hydrogens (tertiary/aromatic N) is 6. The fourth-order valence-corrected chi connectivity index (χ4v) is 10.9. The third-order valence-electron chi connectivity index (χ3n) is 14.0. The molecule has 2 unspecified atom stereocenters. The molecule has 6 nitrogen and oxygen atoms in total. The van der Waals surface area contributed by atoms with Gasteiger partial charge in [0.2, 0.25) is 0 Å². The SMILES string of the molecule is c1ccc(-c2nc(-c3cccc(-n4c5ccccc5c5ccccc54)c3)cc(-c3ccc4c(c3)C3c5ccccc5C4c4cc(-c5nc(-c6ccccc6)nc(-c6ccccc6)n5)ccc43)n2)cc1. The number of para-hydroxylation sites is 2. The Hall–Kier alpha value is -9.13. The fourth-order valence-electron chi connectivity index (χ4n) is 10.9. The van der Waals surface area contributed by atoms with Gasteiger partial charge in [0.1, 0.15) is 0 Å². The number of hydrogen-bond acceptors (Lipinski definition) is 5. The van der Waals surface area contributed by atoms with E-state index in [-0.39, 0.29) is 11.8 Å². The van der Waals surface area contributed by atoms with Gasteiger partial charge in [-0.3, -0.25) is 0 Å². The molecule has 0 aliphatic heterocycles. The second kappa shape index (κ2) is 15.8. The molecule has 322 valence electrons. The zero-order valence-corrected chi connectivity index (χ0v) is 37.3. The van der Waals surface area contributed by atoms with Crippen LogP contribution >= 0.6 is 0 Å². The highest BCUT2D eigenvalue weighted by atomic mass is 15.0. The lowest BCUT2D eigenvalue weighted by molar-refractivity contribution is 0.754. The molecule has 0 radical (unpaired) electrons. The monoisotopic (exact) mass is 880 g/mol. The largest absolute Gasteiger partial charge is 0.309 e. The minimum absolute atomic E-state index is 0.0404. The Balaban J connectivity index is 0.891. The molecule has 6 heteroatoms. The highest BCUT2D eigenvalue weighted by Crippen LogP contribution is 2.56. The van der Waals surface area contributed by atoms with Crippen molar-refractivity contribution in [3.8, 4) is 73.8 Å². The normalized spacial score (nSPS) is 14.4. The van der Waals surface area contributed by atoms with Crippen LogP contribution < -0.4 is 0 Å². The summed E-state index contributed by atoms with van der Waals surface area (Å²) in [7, 11) is 0. The van der Waals surface area contributed by atoms with E-state index in [9.17, 15) is 0 Å². The summed E-state index contributed by atoms with van der Waals surface area (Å²) in [6.07, 6.45) is 0. The molecule has 3 aliphatic carbocycles. The quantitative estimate of drug-likeness (QED) is 0.159. The van der Waals surface area contributed by atoms with E-state index in [4.69, 9.17) is 24.9 Å². The highest BCUT2D eigenvalue weighted by Gasteiger charge is 2.41. The van der Waals surface area contributed by atoms with Gasteiger partial charge in [0, 0.05) is 61.7 Å². The molecule has 9 aromatic carbocycles. The molecule has 15 rings (SSSR count). The summed E-state index contributed by atoms with van der Waals surface area (Å²) in [5, 5.41) is 2.47. The minimum atomic E-state index is 0.0404. The van der Waals surface area contributed by atoms with E-state index in [1.165, 1.54) is 55.2 Å². The van der Waals surface area contributed by atoms with Gasteiger partial charge < -0.3 is 4.57 Å². The van der Waals surface area contributed by atoms with Crippen LogP contribution in [0.1, 0.15) is 45.2 Å². The van der Waals surface area contributed by atoms with Gasteiger partial charge >= 0.3 is 0 Å². The first-order chi connectivity index (χ1) is 34.2. The van der Waals surface area contributed by atoms with Gasteiger partial charge in [-0.1, -0.05) is 188 Å². The predicted octanol–water partition coefficient (Wildman–Crippen LogP) is 14.7. The molecule has 3 heterocycles. The molecule has 12 aromatic rings. The molecule has 0 saturated heterocycles. The maximum absolute atomic E-state index is 5.32. The number of hydrogen-bond donors (Lipinski definition) is 0. The maximum Gasteiger partial charge on any atom is 0.164 e. The van der Waals surface area contributed by atoms with Gasteiger partial charge in [-0.15, -0.1) is 0 Å². The van der Waals surface area contributed by atoms with Crippen LogP contribution in [0.15, 0.2) is 231 Å². The first kappa shape index (κ1) is 39.1. The van der Waals surface area contributed by atoms with E-state index in [2.05, 4.69) is 193 Å². The Morgan fingerprint density at radius 1 is 0.261 bits per heavy atom. The Labute approximate surface area is 399 Å². The number of fused-ring (bicyclic) bond motifs is 3. The zero-order chi connectivity index (χ0) is 45.4. The van der Waals surface area contributed by atoms with Crippen molar-refractivity contribution in [2.45, 2.75) is 11.8 Å². The van der Waals surface area contributed by atoms with E-state index in [0.717, 1.165) is 50.5 Å². The maximum atomic E-state index is 5.32. The van der Waals surface area contributed by atoms with Crippen molar-refractivity contribution >= 4 is 21.8 Å². The lowest BCUT2D eigenvalue weighted by atomic mass is 9.60. The van der Waals surface area contributed by atoms with Crippen molar-refractivity contribution in [3.63, 3.8) is 0 Å². The van der Waals surface area contributed by atoms with Crippen LogP contribution in [0.5, 0.6) is 0 Å². The van der Waals surface area contributed by atoms with Crippen molar-refractivity contribution < 1.29 is 0 Å². The van der Waals surface area contributed by atoms with Gasteiger partial charge in [0.05, 0.1) is 22.4 Å². The summed E-state index contributed by atoms with van der Waals surface area (Å²) in [4.78, 5) is 25.8. The van der Waals surface area contributed by atoms with E-state index in [0.29, 0.717) is 23.3 Å².